The number of aliphatic carboxylic acids is 1. The number of rotatable bonds is 16. The number of alkyl halides is 1. The zero-order valence-electron chi connectivity index (χ0n) is 70.3. The number of hydrogen-bond acceptors (Lipinski definition) is 28. The van der Waals surface area contributed by atoms with Crippen LogP contribution in [-0.2, 0) is 85.8 Å². The van der Waals surface area contributed by atoms with Crippen molar-refractivity contribution in [3.63, 3.8) is 0 Å². The summed E-state index contributed by atoms with van der Waals surface area (Å²) in [7, 11) is 3.28. The van der Waals surface area contributed by atoms with Crippen LogP contribution in [-0.4, -0.2) is 189 Å². The highest BCUT2D eigenvalue weighted by molar-refractivity contribution is 9.10. The Bertz CT molecular complexity index is 4060. The SMILES string of the molecule is CC1(C)CC(=O)C(Br)C(=O)C1.CC1(C)CC(=O)CC(=O)C1.CCOC(=O)C(N)CO.CCOC(=O)C1COC2=C(CC(C)(C)C=C2Cl)N1.CCOC(=O)C1COC2=C(CC(C)(C)CC2=O)N1.CCOC(=O)C1COC2=C(Nc3ccc(OC)cc3)CC(C)(C)CC2=N1.COc1ccc(NC2=C3OCC(C(=O)O)N=C3CC(C)(C)C2)cc1. The number of carbonyl (C=O) groups excluding carboxylic acids is 9. The third-order valence-electron chi connectivity index (χ3n) is 19.2. The first-order valence-electron chi connectivity index (χ1n) is 39.1. The Labute approximate surface area is 693 Å². The smallest absolute Gasteiger partial charge is 0.334 e. The van der Waals surface area contributed by atoms with Crippen LogP contribution >= 0.6 is 27.5 Å². The van der Waals surface area contributed by atoms with Gasteiger partial charge < -0.3 is 84.6 Å². The summed E-state index contributed by atoms with van der Waals surface area (Å²) in [5, 5.41) is 31.2. The van der Waals surface area contributed by atoms with E-state index in [-0.39, 0.29) is 119 Å². The number of aliphatic hydroxyl groups excluding tert-OH is 1. The molecule has 0 radical (unpaired) electrons. The van der Waals surface area contributed by atoms with Crippen molar-refractivity contribution in [3.8, 4) is 11.5 Å². The number of Topliss-reactive ketones (excluding diaryl/α,β-unsaturated/α-hetero) is 5. The van der Waals surface area contributed by atoms with Gasteiger partial charge in [-0.15, -0.1) is 0 Å². The van der Waals surface area contributed by atoms with E-state index in [1.165, 1.54) is 0 Å². The molecule has 0 amide bonds. The van der Waals surface area contributed by atoms with Crippen LogP contribution in [0, 0.1) is 32.5 Å². The largest absolute Gasteiger partial charge is 0.497 e. The number of nitrogens with two attached hydrogens (primary N) is 1. The van der Waals surface area contributed by atoms with Crippen molar-refractivity contribution in [1.29, 1.82) is 0 Å². The summed E-state index contributed by atoms with van der Waals surface area (Å²) < 4.78 is 52.6. The molecule has 5 atom stereocenters. The molecule has 5 unspecified atom stereocenters. The minimum absolute atomic E-state index is 0.0102. The molecule has 29 nitrogen and oxygen atoms in total. The molecule has 2 saturated carbocycles. The van der Waals surface area contributed by atoms with Crippen LogP contribution in [0.3, 0.4) is 0 Å². The zero-order valence-corrected chi connectivity index (χ0v) is 72.6. The van der Waals surface area contributed by atoms with E-state index in [9.17, 15) is 53.1 Å². The maximum atomic E-state index is 12.0. The minimum Gasteiger partial charge on any atom is -0.497 e. The number of hydrogen-bond donors (Lipinski definition) is 7. The minimum atomic E-state index is -0.949. The van der Waals surface area contributed by atoms with Gasteiger partial charge >= 0.3 is 29.8 Å². The van der Waals surface area contributed by atoms with Crippen LogP contribution in [0.15, 0.2) is 115 Å². The molecular formula is C85H119BrClN7O22. The number of fused-ring (bicyclic) bond motifs is 2. The van der Waals surface area contributed by atoms with Crippen LogP contribution in [0.5, 0.6) is 11.5 Å². The first-order chi connectivity index (χ1) is 54.3. The second kappa shape index (κ2) is 42.3. The predicted molar refractivity (Wildman–Crippen MR) is 440 cm³/mol. The van der Waals surface area contributed by atoms with E-state index in [2.05, 4.69) is 93.5 Å². The van der Waals surface area contributed by atoms with Gasteiger partial charge in [-0.1, -0.05) is 117 Å². The number of anilines is 2. The number of esters is 4. The van der Waals surface area contributed by atoms with Gasteiger partial charge in [-0.2, -0.15) is 0 Å². The highest BCUT2D eigenvalue weighted by Crippen LogP contribution is 2.44. The molecule has 12 rings (SSSR count). The molecule has 2 aromatic rings. The van der Waals surface area contributed by atoms with Gasteiger partial charge in [0.15, 0.2) is 64.6 Å². The molecule has 2 aromatic carbocycles. The van der Waals surface area contributed by atoms with Gasteiger partial charge in [-0.3, -0.25) is 38.8 Å². The van der Waals surface area contributed by atoms with Crippen molar-refractivity contribution < 1.29 is 106 Å². The third-order valence-corrected chi connectivity index (χ3v) is 20.5. The summed E-state index contributed by atoms with van der Waals surface area (Å²) in [6.45, 7) is 33.4. The van der Waals surface area contributed by atoms with E-state index in [0.717, 1.165) is 88.5 Å². The lowest BCUT2D eigenvalue weighted by molar-refractivity contribution is -0.148. The van der Waals surface area contributed by atoms with Gasteiger partial charge in [0.1, 0.15) is 60.4 Å². The van der Waals surface area contributed by atoms with Gasteiger partial charge in [0.25, 0.3) is 0 Å². The molecule has 31 heteroatoms. The second-order valence-electron chi connectivity index (χ2n) is 34.1. The molecule has 0 bridgehead atoms. The van der Waals surface area contributed by atoms with Crippen molar-refractivity contribution in [3.05, 3.63) is 105 Å². The lowest BCUT2D eigenvalue weighted by Gasteiger charge is -2.36. The number of methoxy groups -OCH3 is 2. The topological polar surface area (TPSA) is 402 Å². The fraction of sp³-hybridized carbons (Fsp3) is 0.600. The zero-order chi connectivity index (χ0) is 86.4. The number of ether oxygens (including phenoxy) is 10. The molecule has 640 valence electrons. The molecule has 0 aromatic heterocycles. The van der Waals surface area contributed by atoms with Gasteiger partial charge in [-0.05, 0) is 147 Å². The monoisotopic (exact) mass is 1700 g/mol. The molecule has 0 saturated heterocycles. The Morgan fingerprint density at radius 1 is 0.526 bits per heavy atom. The number of aliphatic hydroxyl groups is 1. The first-order valence-corrected chi connectivity index (χ1v) is 40.4. The van der Waals surface area contributed by atoms with E-state index in [1.807, 2.05) is 96.1 Å². The maximum Gasteiger partial charge on any atom is 0.334 e. The average Bonchev–Trinajstić information content (AvgIpc) is 0.790. The van der Waals surface area contributed by atoms with Crippen molar-refractivity contribution >= 4 is 109 Å². The standard InChI is InChI=1S/C20H26N2O4.C18H22N2O4.C13H18ClNO3.C13H19NO4.C8H11BrO2.C8H12O2.C5H11NO3/c1-5-25-19(23)17-12-26-18-15(10-20(2,3)11-16(18)22-17)21-13-6-8-14(24-4)9-7-13;1-18(2)8-13(19-11-4-6-12(23-3)7-5-11)16-14(9-18)20-15(10-24-16)17(21)22;1-4-17-12(16)10-7-18-11-8(14)5-13(2,3)6-9(11)15-10;1-4-17-12(16)9-7-18-11-8(14-9)5-13(2,3)6-10(11)15;1-8(2)3-5(10)7(9)6(11)4-8;1-8(2)4-6(9)3-7(10)5-8;1-2-9-5(8)4(6)3-7/h6-9,17,21H,5,10-12H2,1-4H3;4-7,15,19H,8-10H2,1-3H3,(H,21,22);5,10,15H,4,6-7H2,1-3H3;9,14H,4-7H2,1-3H3;7H,3-4H2,1-2H3;3-5H2,1-2H3;4,7H,2-3,6H2,1H3. The Kier molecular flexibility index (Phi) is 34.9. The van der Waals surface area contributed by atoms with E-state index in [1.54, 1.807) is 41.9 Å². The quantitative estimate of drug-likeness (QED) is 0.0355. The van der Waals surface area contributed by atoms with Gasteiger partial charge in [0.05, 0.1) is 92.9 Å². The molecule has 4 heterocycles. The van der Waals surface area contributed by atoms with Crippen LogP contribution in [0.1, 0.15) is 188 Å². The van der Waals surface area contributed by atoms with Crippen molar-refractivity contribution in [1.82, 2.24) is 10.6 Å². The Hall–Kier alpha value is -9.13. The number of benzene rings is 2. The molecular weight excluding hydrogens is 1590 g/mol. The number of ketones is 5. The number of halogens is 2. The molecule has 0 spiro atoms. The first kappa shape index (κ1) is 95.7. The second-order valence-corrected chi connectivity index (χ2v) is 35.4. The van der Waals surface area contributed by atoms with E-state index < -0.39 is 47.0 Å². The van der Waals surface area contributed by atoms with Gasteiger partial charge in [0.2, 0.25) is 0 Å². The molecule has 8 N–H and O–H groups in total. The van der Waals surface area contributed by atoms with Crippen LogP contribution in [0.4, 0.5) is 11.4 Å². The fourth-order valence-electron chi connectivity index (χ4n) is 14.1. The summed E-state index contributed by atoms with van der Waals surface area (Å²) in [5.41, 5.74) is 11.8. The number of carboxylic acid groups (broad SMARTS) is 1. The van der Waals surface area contributed by atoms with Crippen LogP contribution in [0.2, 0.25) is 0 Å². The van der Waals surface area contributed by atoms with E-state index in [0.29, 0.717) is 93.7 Å². The van der Waals surface area contributed by atoms with E-state index >= 15 is 0 Å². The number of nitrogens with zero attached hydrogens (tertiary/aromatic N) is 2. The summed E-state index contributed by atoms with van der Waals surface area (Å²) in [5.74, 6) is 1.92. The Morgan fingerprint density at radius 2 is 0.914 bits per heavy atom. The number of nitrogens with one attached hydrogen (secondary N) is 4. The Morgan fingerprint density at radius 3 is 1.34 bits per heavy atom. The number of aliphatic imine (C=N–C) groups is 2. The maximum absolute atomic E-state index is 12.0. The molecule has 10 aliphatic rings. The molecule has 116 heavy (non-hydrogen) atoms. The summed E-state index contributed by atoms with van der Waals surface area (Å²) in [4.78, 5) is 121. The van der Waals surface area contributed by atoms with Crippen molar-refractivity contribution in [2.24, 2.45) is 48.2 Å². The van der Waals surface area contributed by atoms with Crippen molar-refractivity contribution in [2.45, 2.75) is 223 Å². The van der Waals surface area contributed by atoms with Crippen LogP contribution < -0.4 is 36.5 Å². The fourth-order valence-corrected chi connectivity index (χ4v) is 14.9. The Balaban J connectivity index is 0.000000217. The lowest BCUT2D eigenvalue weighted by atomic mass is 9.76. The molecule has 2 fully saturated rings. The van der Waals surface area contributed by atoms with Crippen molar-refractivity contribution in [2.75, 3.05) is 84.3 Å². The normalized spacial score (nSPS) is 22.9. The molecule has 4 aliphatic heterocycles. The predicted octanol–water partition coefficient (Wildman–Crippen LogP) is 12.0. The summed E-state index contributed by atoms with van der Waals surface area (Å²) in [6.07, 6.45) is 9.41. The highest BCUT2D eigenvalue weighted by atomic mass is 79.9. The third kappa shape index (κ3) is 29.2. The summed E-state index contributed by atoms with van der Waals surface area (Å²) in [6, 6.07) is 12.2. The average molecular weight is 1710 g/mol. The lowest BCUT2D eigenvalue weighted by Crippen LogP contribution is -2.48. The van der Waals surface area contributed by atoms with Crippen LogP contribution in [0.25, 0.3) is 0 Å². The molecule has 6 aliphatic carbocycles. The van der Waals surface area contributed by atoms with E-state index in [4.69, 9.17) is 65.1 Å². The summed E-state index contributed by atoms with van der Waals surface area (Å²) >= 11 is 9.26. The van der Waals surface area contributed by atoms with Gasteiger partial charge in [0, 0.05) is 43.5 Å². The van der Waals surface area contributed by atoms with Gasteiger partial charge in [-0.25, -0.2) is 19.2 Å². The number of allylic oxidation sites excluding steroid dienone is 9. The highest BCUT2D eigenvalue weighted by Gasteiger charge is 2.43. The number of carbonyl (C=O) groups is 10. The number of carboxylic acids is 1.